The van der Waals surface area contributed by atoms with Gasteiger partial charge in [-0.2, -0.15) is 0 Å². The van der Waals surface area contributed by atoms with Crippen LogP contribution in [0.3, 0.4) is 0 Å². The average molecular weight is 571 g/mol. The largest absolute Gasteiger partial charge is 3.00 e. The molecule has 180 valence electrons. The predicted molar refractivity (Wildman–Crippen MR) is 115 cm³/mol. The van der Waals surface area contributed by atoms with E-state index in [1.807, 2.05) is 20.8 Å². The zero-order chi connectivity index (χ0) is 23.9. The maximum absolute atomic E-state index is 10.3. The summed E-state index contributed by atoms with van der Waals surface area (Å²) in [6, 6.07) is 0. The van der Waals surface area contributed by atoms with Crippen molar-refractivity contribution >= 4 is 17.9 Å². The van der Waals surface area contributed by atoms with E-state index in [9.17, 15) is 29.7 Å². The van der Waals surface area contributed by atoms with Crippen LogP contribution in [0.15, 0.2) is 0 Å². The molecule has 0 saturated heterocycles. The van der Waals surface area contributed by atoms with Gasteiger partial charge in [0.05, 0.1) is 0 Å². The van der Waals surface area contributed by atoms with E-state index in [2.05, 4.69) is 20.8 Å². The van der Waals surface area contributed by atoms with Crippen LogP contribution in [0, 0.1) is 59.0 Å². The minimum atomic E-state index is -0.893. The topological polar surface area (TPSA) is 120 Å². The van der Waals surface area contributed by atoms with Crippen molar-refractivity contribution in [2.75, 3.05) is 0 Å². The van der Waals surface area contributed by atoms with Gasteiger partial charge >= 0.3 is 41.3 Å². The average Bonchev–Trinajstić information content (AvgIpc) is 2.70. The Kier molecular flexibility index (Phi) is 34.1. The summed E-state index contributed by atoms with van der Waals surface area (Å²) in [5.74, 6) is -3.34. The van der Waals surface area contributed by atoms with Crippen molar-refractivity contribution < 1.29 is 71.0 Å². The number of carboxylic acids is 3. The van der Waals surface area contributed by atoms with Crippen LogP contribution in [-0.4, -0.2) is 17.9 Å². The van der Waals surface area contributed by atoms with Crippen molar-refractivity contribution in [3.8, 4) is 0 Å². The van der Waals surface area contributed by atoms with Gasteiger partial charge in [0.2, 0.25) is 0 Å². The summed E-state index contributed by atoms with van der Waals surface area (Å²) in [6.07, 6.45) is 10.6. The predicted octanol–water partition coefficient (Wildman–Crippen LogP) is 2.86. The second-order valence-electron chi connectivity index (χ2n) is 7.70. The number of rotatable bonds is 15. The molecule has 0 aromatic carbocycles. The second kappa shape index (κ2) is 27.8. The third kappa shape index (κ3) is 25.9. The molecule has 0 amide bonds. The molecule has 0 heterocycles. The molecule has 0 radical (unpaired) electrons. The fourth-order valence-corrected chi connectivity index (χ4v) is 2.82. The van der Waals surface area contributed by atoms with Gasteiger partial charge in [0.15, 0.2) is 0 Å². The van der Waals surface area contributed by atoms with Crippen molar-refractivity contribution in [3.63, 3.8) is 0 Å². The van der Waals surface area contributed by atoms with Crippen LogP contribution in [0.2, 0.25) is 0 Å². The van der Waals surface area contributed by atoms with Crippen molar-refractivity contribution in [2.24, 2.45) is 17.8 Å². The zero-order valence-electron chi connectivity index (χ0n) is 20.7. The van der Waals surface area contributed by atoms with Crippen molar-refractivity contribution in [1.82, 2.24) is 0 Å². The van der Waals surface area contributed by atoms with E-state index in [4.69, 9.17) is 0 Å². The molecule has 0 N–H and O–H groups in total. The van der Waals surface area contributed by atoms with Crippen LogP contribution < -0.4 is 15.3 Å². The Balaban J connectivity index is -0.000000174. The van der Waals surface area contributed by atoms with Gasteiger partial charge in [-0.05, 0) is 56.3 Å². The van der Waals surface area contributed by atoms with E-state index in [0.29, 0.717) is 19.3 Å². The Bertz CT molecular complexity index is 366. The minimum Gasteiger partial charge on any atom is -0.550 e. The molecule has 6 nitrogen and oxygen atoms in total. The molecule has 0 aliphatic carbocycles. The standard InChI is InChI=1S/3C8H16O2.Pr/c3*1-3-5-6-7(4-2)8(9)10;/h3*7H,3-6H2,1-2H3,(H,9,10);/q;;;+3/p-3. The number of carbonyl (C=O) groups excluding carboxylic acids is 3. The molecule has 3 unspecified atom stereocenters. The molecular formula is C24H45O6Pr. The third-order valence-corrected chi connectivity index (χ3v) is 5.20. The summed E-state index contributed by atoms with van der Waals surface area (Å²) in [5.41, 5.74) is 0. The van der Waals surface area contributed by atoms with Crippen LogP contribution >= 0.6 is 0 Å². The van der Waals surface area contributed by atoms with Gasteiger partial charge in [0, 0.05) is 17.9 Å². The molecular weight excluding hydrogens is 525 g/mol. The van der Waals surface area contributed by atoms with Gasteiger partial charge in [-0.3, -0.25) is 0 Å². The Labute approximate surface area is 223 Å². The Hall–Kier alpha value is -0.226. The smallest absolute Gasteiger partial charge is 0.550 e. The van der Waals surface area contributed by atoms with Gasteiger partial charge < -0.3 is 29.7 Å². The molecule has 0 rings (SSSR count). The maximum atomic E-state index is 10.3. The summed E-state index contributed by atoms with van der Waals surface area (Å²) >= 11 is 0. The van der Waals surface area contributed by atoms with Gasteiger partial charge in [-0.1, -0.05) is 80.1 Å². The van der Waals surface area contributed by atoms with Crippen LogP contribution in [0.25, 0.3) is 0 Å². The van der Waals surface area contributed by atoms with Crippen molar-refractivity contribution in [3.05, 3.63) is 0 Å². The molecule has 0 fully saturated rings. The third-order valence-electron chi connectivity index (χ3n) is 5.20. The first-order chi connectivity index (χ1) is 14.2. The maximum Gasteiger partial charge on any atom is 3.00 e. The normalized spacial score (nSPS) is 12.6. The minimum absolute atomic E-state index is 0. The molecule has 3 atom stereocenters. The summed E-state index contributed by atoms with van der Waals surface area (Å²) in [7, 11) is 0. The van der Waals surface area contributed by atoms with Crippen molar-refractivity contribution in [1.29, 1.82) is 0 Å². The van der Waals surface area contributed by atoms with Gasteiger partial charge in [0.1, 0.15) is 0 Å². The van der Waals surface area contributed by atoms with Crippen LogP contribution in [0.5, 0.6) is 0 Å². The molecule has 0 aliphatic rings. The summed E-state index contributed by atoms with van der Waals surface area (Å²) in [6.45, 7) is 11.8. The van der Waals surface area contributed by atoms with Gasteiger partial charge in [-0.25, -0.2) is 0 Å². The summed E-state index contributed by atoms with van der Waals surface area (Å²) < 4.78 is 0. The fourth-order valence-electron chi connectivity index (χ4n) is 2.82. The summed E-state index contributed by atoms with van der Waals surface area (Å²) in [5, 5.41) is 31.0. The van der Waals surface area contributed by atoms with Crippen LogP contribution in [0.1, 0.15) is 119 Å². The number of carboxylic acid groups (broad SMARTS) is 3. The van der Waals surface area contributed by atoms with Crippen molar-refractivity contribution in [2.45, 2.75) is 119 Å². The van der Waals surface area contributed by atoms with E-state index in [1.54, 1.807) is 0 Å². The molecule has 0 aromatic heterocycles. The summed E-state index contributed by atoms with van der Waals surface area (Å²) in [4.78, 5) is 31.0. The number of unbranched alkanes of at least 4 members (excludes halogenated alkanes) is 3. The second-order valence-corrected chi connectivity index (χ2v) is 7.70. The van der Waals surface area contributed by atoms with Gasteiger partial charge in [0.25, 0.3) is 0 Å². The Morgan fingerprint density at radius 2 is 0.710 bits per heavy atom. The molecule has 31 heavy (non-hydrogen) atoms. The first-order valence-electron chi connectivity index (χ1n) is 11.8. The van der Waals surface area contributed by atoms with E-state index < -0.39 is 17.9 Å². The van der Waals surface area contributed by atoms with Crippen LogP contribution in [0.4, 0.5) is 0 Å². The molecule has 7 heteroatoms. The first-order valence-corrected chi connectivity index (χ1v) is 11.8. The molecule has 0 spiro atoms. The first kappa shape index (κ1) is 38.1. The molecule has 0 saturated carbocycles. The van der Waals surface area contributed by atoms with E-state index >= 15 is 0 Å². The molecule has 0 bridgehead atoms. The number of aliphatic carboxylic acids is 3. The SMILES string of the molecule is CCCCC(CC)C(=O)[O-].CCCCC(CC)C(=O)[O-].CCCCC(CC)C(=O)[O-].[Pr+3]. The molecule has 0 aromatic rings. The van der Waals surface area contributed by atoms with E-state index in [1.165, 1.54) is 0 Å². The fraction of sp³-hybridized carbons (Fsp3) is 0.875. The van der Waals surface area contributed by atoms with Crippen LogP contribution in [-0.2, 0) is 14.4 Å². The Morgan fingerprint density at radius 3 is 0.806 bits per heavy atom. The number of hydrogen-bond acceptors (Lipinski definition) is 6. The number of hydrogen-bond donors (Lipinski definition) is 0. The van der Waals surface area contributed by atoms with E-state index in [0.717, 1.165) is 57.8 Å². The number of carbonyl (C=O) groups is 3. The Morgan fingerprint density at radius 1 is 0.516 bits per heavy atom. The quantitative estimate of drug-likeness (QED) is 0.299. The van der Waals surface area contributed by atoms with E-state index in [-0.39, 0.29) is 59.0 Å². The monoisotopic (exact) mass is 570 g/mol. The molecule has 0 aliphatic heterocycles. The van der Waals surface area contributed by atoms with Gasteiger partial charge in [-0.15, -0.1) is 0 Å². The zero-order valence-corrected chi connectivity index (χ0v) is 24.4.